The van der Waals surface area contributed by atoms with E-state index in [0.29, 0.717) is 10.5 Å². The van der Waals surface area contributed by atoms with Crippen LogP contribution in [0.15, 0.2) is 0 Å². The number of aromatic amines is 2. The van der Waals surface area contributed by atoms with Gasteiger partial charge >= 0.3 is 0 Å². The summed E-state index contributed by atoms with van der Waals surface area (Å²) in [6.07, 6.45) is 0. The Hall–Kier alpha value is -0.321. The molecule has 0 amide bonds. The van der Waals surface area contributed by atoms with Crippen LogP contribution in [0.25, 0.3) is 0 Å². The standard InChI is InChI=1S/C2H4N4S.Cu/c3-1-2(7)5-6-4-1;/h(H4,3,4,5,6,7);. The van der Waals surface area contributed by atoms with Crippen molar-refractivity contribution >= 4 is 18.0 Å². The minimum absolute atomic E-state index is 0. The van der Waals surface area contributed by atoms with Gasteiger partial charge in [0.2, 0.25) is 0 Å². The Kier molecular flexibility index (Phi) is 2.75. The second kappa shape index (κ2) is 2.86. The number of rotatable bonds is 0. The van der Waals surface area contributed by atoms with Crippen LogP contribution in [-0.2, 0) is 17.1 Å². The zero-order valence-electron chi connectivity index (χ0n) is 3.73. The third kappa shape index (κ3) is 1.33. The summed E-state index contributed by atoms with van der Waals surface area (Å²) < 4.78 is 0.458. The number of nitrogens with zero attached hydrogens (tertiary/aromatic N) is 1. The Morgan fingerprint density at radius 3 is 2.38 bits per heavy atom. The summed E-state index contributed by atoms with van der Waals surface area (Å²) in [5.41, 5.74) is 5.16. The molecule has 0 atom stereocenters. The van der Waals surface area contributed by atoms with E-state index in [1.54, 1.807) is 0 Å². The molecule has 6 heteroatoms. The maximum absolute atomic E-state index is 5.16. The van der Waals surface area contributed by atoms with Crippen molar-refractivity contribution in [2.24, 2.45) is 0 Å². The molecule has 8 heavy (non-hydrogen) atoms. The molecule has 0 aliphatic carbocycles. The molecular formula is C2H4CuN4S. The Labute approximate surface area is 61.3 Å². The third-order valence-corrected chi connectivity index (χ3v) is 0.890. The Balaban J connectivity index is 0.000000490. The van der Waals surface area contributed by atoms with Gasteiger partial charge in [0.1, 0.15) is 0 Å². The van der Waals surface area contributed by atoms with Crippen LogP contribution in [0.5, 0.6) is 0 Å². The van der Waals surface area contributed by atoms with E-state index in [9.17, 15) is 0 Å². The molecule has 1 aromatic heterocycles. The van der Waals surface area contributed by atoms with Gasteiger partial charge in [-0.1, -0.05) is 12.2 Å². The Bertz CT molecular complexity index is 202. The SMILES string of the molecule is Nc1n[nH][nH]c1=S.[Cu]. The molecule has 4 nitrogen and oxygen atoms in total. The maximum Gasteiger partial charge on any atom is 0.181 e. The Morgan fingerprint density at radius 1 is 1.62 bits per heavy atom. The summed E-state index contributed by atoms with van der Waals surface area (Å²) in [6.45, 7) is 0. The van der Waals surface area contributed by atoms with Crippen LogP contribution in [0.3, 0.4) is 0 Å². The van der Waals surface area contributed by atoms with Crippen molar-refractivity contribution in [3.05, 3.63) is 4.64 Å². The van der Waals surface area contributed by atoms with Crippen LogP contribution in [0.4, 0.5) is 5.82 Å². The van der Waals surface area contributed by atoms with Gasteiger partial charge < -0.3 is 5.73 Å². The van der Waals surface area contributed by atoms with E-state index in [1.807, 2.05) is 0 Å². The largest absolute Gasteiger partial charge is 0.380 e. The van der Waals surface area contributed by atoms with E-state index in [1.165, 1.54) is 0 Å². The number of nitrogens with two attached hydrogens (primary N) is 1. The van der Waals surface area contributed by atoms with E-state index in [0.717, 1.165) is 0 Å². The average Bonchev–Trinajstić information content (AvgIpc) is 1.91. The molecule has 0 saturated carbocycles. The number of H-pyrrole nitrogens is 2. The first-order valence-corrected chi connectivity index (χ1v) is 2.10. The van der Waals surface area contributed by atoms with Crippen LogP contribution in [0.1, 0.15) is 0 Å². The summed E-state index contributed by atoms with van der Waals surface area (Å²) in [4.78, 5) is 0. The second-order valence-corrected chi connectivity index (χ2v) is 1.47. The van der Waals surface area contributed by atoms with Crippen LogP contribution in [-0.4, -0.2) is 15.4 Å². The van der Waals surface area contributed by atoms with E-state index < -0.39 is 0 Å². The van der Waals surface area contributed by atoms with Crippen molar-refractivity contribution < 1.29 is 17.1 Å². The van der Waals surface area contributed by atoms with Crippen LogP contribution < -0.4 is 5.73 Å². The van der Waals surface area contributed by atoms with Gasteiger partial charge in [0.15, 0.2) is 10.5 Å². The molecule has 0 fully saturated rings. The number of nitrogens with one attached hydrogen (secondary N) is 2. The molecule has 0 aliphatic heterocycles. The van der Waals surface area contributed by atoms with Crippen molar-refractivity contribution in [3.8, 4) is 0 Å². The minimum atomic E-state index is 0. The second-order valence-electron chi connectivity index (χ2n) is 1.06. The Morgan fingerprint density at radius 2 is 2.25 bits per heavy atom. The number of hydrogen-bond donors (Lipinski definition) is 3. The van der Waals surface area contributed by atoms with Gasteiger partial charge in [-0.3, -0.25) is 5.10 Å². The van der Waals surface area contributed by atoms with Gasteiger partial charge in [-0.05, 0) is 0 Å². The van der Waals surface area contributed by atoms with Crippen molar-refractivity contribution in [2.75, 3.05) is 5.73 Å². The fourth-order valence-electron chi connectivity index (χ4n) is 0.254. The van der Waals surface area contributed by atoms with Gasteiger partial charge in [0, 0.05) is 17.1 Å². The molecule has 4 N–H and O–H groups in total. The molecule has 1 radical (unpaired) electrons. The zero-order valence-corrected chi connectivity index (χ0v) is 5.49. The summed E-state index contributed by atoms with van der Waals surface area (Å²) in [5.74, 6) is 0.343. The van der Waals surface area contributed by atoms with Crippen molar-refractivity contribution in [3.63, 3.8) is 0 Å². The zero-order chi connectivity index (χ0) is 5.28. The van der Waals surface area contributed by atoms with Gasteiger partial charge in [-0.2, -0.15) is 0 Å². The smallest absolute Gasteiger partial charge is 0.181 e. The summed E-state index contributed by atoms with van der Waals surface area (Å²) in [7, 11) is 0. The average molecular weight is 180 g/mol. The van der Waals surface area contributed by atoms with Crippen LogP contribution in [0.2, 0.25) is 0 Å². The molecule has 0 unspecified atom stereocenters. The number of nitrogen functional groups attached to an aromatic ring is 1. The molecule has 1 heterocycles. The third-order valence-electron chi connectivity index (χ3n) is 0.578. The first-order valence-electron chi connectivity index (χ1n) is 1.69. The molecule has 49 valence electrons. The van der Waals surface area contributed by atoms with Crippen LogP contribution in [0, 0.1) is 4.64 Å². The van der Waals surface area contributed by atoms with E-state index in [2.05, 4.69) is 27.6 Å². The molecule has 1 rings (SSSR count). The van der Waals surface area contributed by atoms with Gasteiger partial charge in [0.25, 0.3) is 0 Å². The number of anilines is 1. The molecule has 0 aliphatic rings. The van der Waals surface area contributed by atoms with Crippen molar-refractivity contribution in [1.29, 1.82) is 0 Å². The first-order chi connectivity index (χ1) is 3.30. The topological polar surface area (TPSA) is 70.5 Å². The van der Waals surface area contributed by atoms with Crippen molar-refractivity contribution in [1.82, 2.24) is 15.4 Å². The monoisotopic (exact) mass is 179 g/mol. The maximum atomic E-state index is 5.16. The predicted molar refractivity (Wildman–Crippen MR) is 28.2 cm³/mol. The molecule has 0 bridgehead atoms. The van der Waals surface area contributed by atoms with E-state index in [4.69, 9.17) is 5.73 Å². The van der Waals surface area contributed by atoms with E-state index >= 15 is 0 Å². The molecule has 0 saturated heterocycles. The molecular weight excluding hydrogens is 176 g/mol. The summed E-state index contributed by atoms with van der Waals surface area (Å²) >= 11 is 4.61. The number of aromatic nitrogens is 3. The molecule has 1 aromatic rings. The molecule has 0 aromatic carbocycles. The predicted octanol–water partition coefficient (Wildman–Crippen LogP) is 0.0470. The van der Waals surface area contributed by atoms with Gasteiger partial charge in [-0.25, -0.2) is 5.21 Å². The first kappa shape index (κ1) is 7.68. The fourth-order valence-corrected chi connectivity index (χ4v) is 0.345. The molecule has 0 spiro atoms. The summed E-state index contributed by atoms with van der Waals surface area (Å²) in [5, 5.41) is 8.42. The number of hydrogen-bond acceptors (Lipinski definition) is 3. The van der Waals surface area contributed by atoms with Crippen molar-refractivity contribution in [2.45, 2.75) is 0 Å². The fraction of sp³-hybridized carbons (Fsp3) is 0. The van der Waals surface area contributed by atoms with E-state index in [-0.39, 0.29) is 17.1 Å². The quantitative estimate of drug-likeness (QED) is 0.389. The minimum Gasteiger partial charge on any atom is -0.380 e. The summed E-state index contributed by atoms with van der Waals surface area (Å²) in [6, 6.07) is 0. The normalized spacial score (nSPS) is 8.00. The van der Waals surface area contributed by atoms with Crippen LogP contribution >= 0.6 is 12.2 Å². The van der Waals surface area contributed by atoms with Gasteiger partial charge in [0.05, 0.1) is 0 Å². The van der Waals surface area contributed by atoms with Gasteiger partial charge in [-0.15, -0.1) is 5.10 Å².